The molecule has 0 radical (unpaired) electrons. The minimum absolute atomic E-state index is 0.178. The van der Waals surface area contributed by atoms with E-state index in [0.717, 1.165) is 65.0 Å². The number of aromatic nitrogens is 1. The number of rotatable bonds is 8. The molecular weight excluding hydrogens is 645 g/mol. The maximum absolute atomic E-state index is 10.4. The highest BCUT2D eigenvalue weighted by Crippen LogP contribution is 2.42. The second-order valence-electron chi connectivity index (χ2n) is 12.0. The molecule has 0 bridgehead atoms. The summed E-state index contributed by atoms with van der Waals surface area (Å²) in [7, 11) is -4.27. The van der Waals surface area contributed by atoms with E-state index in [9.17, 15) is 13.0 Å². The van der Waals surface area contributed by atoms with Gasteiger partial charge in [-0.15, -0.1) is 0 Å². The largest absolute Gasteiger partial charge is 0.744 e. The van der Waals surface area contributed by atoms with Gasteiger partial charge in [-0.2, -0.15) is 4.57 Å². The van der Waals surface area contributed by atoms with E-state index in [1.165, 1.54) is 34.4 Å². The van der Waals surface area contributed by atoms with Gasteiger partial charge in [0.15, 0.2) is 5.75 Å². The summed E-state index contributed by atoms with van der Waals surface area (Å²) in [5.41, 5.74) is 9.93. The third-order valence-corrected chi connectivity index (χ3v) is 9.49. The summed E-state index contributed by atoms with van der Waals surface area (Å²) in [5, 5.41) is 0. The lowest BCUT2D eigenvalue weighted by atomic mass is 10.0. The van der Waals surface area contributed by atoms with Gasteiger partial charge < -0.3 is 18.6 Å². The van der Waals surface area contributed by atoms with Gasteiger partial charge in [0, 0.05) is 18.7 Å². The van der Waals surface area contributed by atoms with Gasteiger partial charge >= 0.3 is 5.89 Å². The van der Waals surface area contributed by atoms with E-state index in [4.69, 9.17) is 9.15 Å². The summed E-state index contributed by atoms with van der Waals surface area (Å²) < 4.78 is 46.1. The Bertz CT molecular complexity index is 2270. The molecule has 1 aliphatic heterocycles. The van der Waals surface area contributed by atoms with Crippen LogP contribution in [0.5, 0.6) is 5.75 Å². The first-order valence-electron chi connectivity index (χ1n) is 16.8. The van der Waals surface area contributed by atoms with Gasteiger partial charge in [0.25, 0.3) is 5.52 Å². The molecule has 0 atom stereocenters. The number of ether oxygens (including phenoxy) is 1. The SMILES string of the molecule is CCC(=Cc1oc2ccc(-c3ccccc3)cc2[n+]1CC)C=C1Oc2ccc(-c3ccccc3)cc2N1CC.Cc1ccc(S(=O)(=O)[O-])cc1. The fourth-order valence-corrected chi connectivity index (χ4v) is 6.43. The predicted octanol–water partition coefficient (Wildman–Crippen LogP) is 9.53. The monoisotopic (exact) mass is 684 g/mol. The van der Waals surface area contributed by atoms with Crippen LogP contribution in [0.15, 0.2) is 148 Å². The Kier molecular flexibility index (Phi) is 10.3. The van der Waals surface area contributed by atoms with Crippen molar-refractivity contribution in [2.24, 2.45) is 0 Å². The molecule has 6 aromatic rings. The molecule has 5 aromatic carbocycles. The Balaban J connectivity index is 0.000000336. The van der Waals surface area contributed by atoms with Crippen LogP contribution in [-0.2, 0) is 16.7 Å². The van der Waals surface area contributed by atoms with E-state index in [0.29, 0.717) is 0 Å². The summed E-state index contributed by atoms with van der Waals surface area (Å²) in [5.74, 6) is 2.58. The number of fused-ring (bicyclic) bond motifs is 2. The van der Waals surface area contributed by atoms with Gasteiger partial charge in [0.05, 0.1) is 16.7 Å². The van der Waals surface area contributed by atoms with Crippen LogP contribution in [0, 0.1) is 6.92 Å². The number of hydrogen-bond acceptors (Lipinski definition) is 6. The highest BCUT2D eigenvalue weighted by atomic mass is 32.2. The van der Waals surface area contributed by atoms with E-state index in [1.54, 1.807) is 12.1 Å². The molecule has 1 aliphatic rings. The lowest BCUT2D eigenvalue weighted by Crippen LogP contribution is -2.33. The topological polar surface area (TPSA) is 86.7 Å². The Morgan fingerprint density at radius 2 is 1.40 bits per heavy atom. The minimum atomic E-state index is -4.27. The highest BCUT2D eigenvalue weighted by Gasteiger charge is 2.26. The van der Waals surface area contributed by atoms with Crippen molar-refractivity contribution in [3.63, 3.8) is 0 Å². The molecule has 254 valence electrons. The van der Waals surface area contributed by atoms with Crippen LogP contribution >= 0.6 is 0 Å². The van der Waals surface area contributed by atoms with Crippen molar-refractivity contribution in [2.45, 2.75) is 45.6 Å². The normalized spacial score (nSPS) is 13.6. The molecule has 0 saturated heterocycles. The fraction of sp³-hybridized carbons (Fsp3) is 0.167. The Morgan fingerprint density at radius 3 is 1.98 bits per heavy atom. The predicted molar refractivity (Wildman–Crippen MR) is 199 cm³/mol. The lowest BCUT2D eigenvalue weighted by Gasteiger charge is -2.16. The summed E-state index contributed by atoms with van der Waals surface area (Å²) in [6, 6.07) is 39.6. The van der Waals surface area contributed by atoms with Crippen molar-refractivity contribution in [2.75, 3.05) is 11.4 Å². The zero-order valence-corrected chi connectivity index (χ0v) is 29.5. The second kappa shape index (κ2) is 15.0. The molecular formula is C42H40N2O5S. The third kappa shape index (κ3) is 7.57. The first kappa shape index (κ1) is 34.4. The molecule has 0 saturated carbocycles. The Labute approximate surface area is 294 Å². The smallest absolute Gasteiger partial charge is 0.374 e. The third-order valence-electron chi connectivity index (χ3n) is 8.64. The van der Waals surface area contributed by atoms with Crippen LogP contribution in [0.3, 0.4) is 0 Å². The first-order chi connectivity index (χ1) is 24.2. The van der Waals surface area contributed by atoms with Crippen LogP contribution < -0.4 is 14.2 Å². The number of aryl methyl sites for hydroxylation is 2. The fourth-order valence-electron chi connectivity index (χ4n) is 5.96. The number of benzene rings is 5. The zero-order valence-electron chi connectivity index (χ0n) is 28.7. The molecule has 0 fully saturated rings. The van der Waals surface area contributed by atoms with Crippen molar-refractivity contribution >= 4 is 33.0 Å². The van der Waals surface area contributed by atoms with E-state index < -0.39 is 10.1 Å². The standard InChI is InChI=1S/C35H33N2O2.C7H8O3S/c1-4-25(21-34-36(5-2)30-23-28(17-19-32(30)38-34)26-13-9-7-10-14-26)22-35-37(6-3)31-24-29(18-20-33(31)39-35)27-15-11-8-12-16-27;1-6-2-4-7(5-3-6)11(8,9)10/h7-24H,4-6H2,1-3H3;2-5H,1H3,(H,8,9,10)/q+1;/p-1. The zero-order chi connectivity index (χ0) is 35.3. The summed E-state index contributed by atoms with van der Waals surface area (Å²) in [6.45, 7) is 9.94. The van der Waals surface area contributed by atoms with Crippen molar-refractivity contribution < 1.29 is 26.7 Å². The van der Waals surface area contributed by atoms with Crippen molar-refractivity contribution in [1.29, 1.82) is 0 Å². The molecule has 0 N–H and O–H groups in total. The van der Waals surface area contributed by atoms with Crippen LogP contribution in [0.4, 0.5) is 5.69 Å². The van der Waals surface area contributed by atoms with E-state index in [-0.39, 0.29) is 4.90 Å². The quantitative estimate of drug-likeness (QED) is 0.117. The maximum Gasteiger partial charge on any atom is 0.374 e. The van der Waals surface area contributed by atoms with E-state index in [1.807, 2.05) is 19.1 Å². The van der Waals surface area contributed by atoms with Gasteiger partial charge in [-0.25, -0.2) is 8.42 Å². The molecule has 0 amide bonds. The van der Waals surface area contributed by atoms with Gasteiger partial charge in [0.2, 0.25) is 11.5 Å². The molecule has 0 spiro atoms. The average Bonchev–Trinajstić information content (AvgIpc) is 3.67. The summed E-state index contributed by atoms with van der Waals surface area (Å²) >= 11 is 0. The number of anilines is 1. The first-order valence-corrected chi connectivity index (χ1v) is 18.2. The summed E-state index contributed by atoms with van der Waals surface area (Å²) in [4.78, 5) is 2.06. The van der Waals surface area contributed by atoms with E-state index in [2.05, 4.69) is 127 Å². The van der Waals surface area contributed by atoms with Gasteiger partial charge in [-0.05, 0) is 85.4 Å². The van der Waals surface area contributed by atoms with Crippen molar-refractivity contribution in [1.82, 2.24) is 0 Å². The molecule has 8 heteroatoms. The molecule has 50 heavy (non-hydrogen) atoms. The van der Waals surface area contributed by atoms with Gasteiger partial charge in [-0.1, -0.05) is 97.4 Å². The van der Waals surface area contributed by atoms with Crippen molar-refractivity contribution in [3.8, 4) is 28.0 Å². The average molecular weight is 685 g/mol. The molecule has 1 aromatic heterocycles. The minimum Gasteiger partial charge on any atom is -0.744 e. The number of nitrogens with zero attached hydrogens (tertiary/aromatic N) is 2. The number of oxazole rings is 1. The van der Waals surface area contributed by atoms with E-state index >= 15 is 0 Å². The molecule has 0 aliphatic carbocycles. The van der Waals surface area contributed by atoms with Crippen LogP contribution in [0.1, 0.15) is 38.6 Å². The Morgan fingerprint density at radius 1 is 0.780 bits per heavy atom. The van der Waals surface area contributed by atoms with Crippen LogP contribution in [0.25, 0.3) is 39.4 Å². The van der Waals surface area contributed by atoms with Gasteiger partial charge in [-0.3, -0.25) is 0 Å². The van der Waals surface area contributed by atoms with Crippen LogP contribution in [0.2, 0.25) is 0 Å². The highest BCUT2D eigenvalue weighted by molar-refractivity contribution is 7.85. The maximum atomic E-state index is 10.4. The molecule has 0 unspecified atom stereocenters. The second-order valence-corrected chi connectivity index (χ2v) is 13.3. The number of hydrogen-bond donors (Lipinski definition) is 0. The lowest BCUT2D eigenvalue weighted by molar-refractivity contribution is -0.674. The molecule has 7 rings (SSSR count). The summed E-state index contributed by atoms with van der Waals surface area (Å²) in [6.07, 6.45) is 5.15. The van der Waals surface area contributed by atoms with Crippen LogP contribution in [-0.4, -0.2) is 19.5 Å². The number of allylic oxidation sites excluding steroid dienone is 2. The Hall–Kier alpha value is -5.44. The van der Waals surface area contributed by atoms with Crippen molar-refractivity contribution in [3.05, 3.63) is 150 Å². The molecule has 2 heterocycles. The van der Waals surface area contributed by atoms with Gasteiger partial charge in [0.1, 0.15) is 16.7 Å². The molecule has 7 nitrogen and oxygen atoms in total.